The minimum atomic E-state index is -0.326. The number of aliphatic hydroxyl groups is 1. The van der Waals surface area contributed by atoms with Gasteiger partial charge >= 0.3 is 0 Å². The van der Waals surface area contributed by atoms with Crippen molar-refractivity contribution in [1.29, 1.82) is 0 Å². The molecule has 0 aliphatic carbocycles. The fraction of sp³-hybridized carbons (Fsp3) is 0.417. The zero-order chi connectivity index (χ0) is 12.7. The largest absolute Gasteiger partial charge is 0.491 e. The number of aliphatic hydroxyl groups excluding tert-OH is 1. The predicted molar refractivity (Wildman–Crippen MR) is 65.9 cm³/mol. The number of benzene rings is 1. The third-order valence-electron chi connectivity index (χ3n) is 2.13. The van der Waals surface area contributed by atoms with Crippen LogP contribution < -0.4 is 15.8 Å². The van der Waals surface area contributed by atoms with Crippen LogP contribution in [0.25, 0.3) is 0 Å². The van der Waals surface area contributed by atoms with Crippen LogP contribution in [0, 0.1) is 0 Å². The van der Waals surface area contributed by atoms with Crippen LogP contribution in [0.1, 0.15) is 13.3 Å². The van der Waals surface area contributed by atoms with E-state index in [1.54, 1.807) is 12.1 Å². The summed E-state index contributed by atoms with van der Waals surface area (Å²) in [6, 6.07) is 7.30. The van der Waals surface area contributed by atoms with Crippen molar-refractivity contribution in [1.82, 2.24) is 0 Å². The predicted octanol–water partition coefficient (Wildman–Crippen LogP) is 0.733. The molecule has 0 aliphatic rings. The molecular weight excluding hydrogens is 220 g/mol. The maximum absolute atomic E-state index is 10.7. The zero-order valence-electron chi connectivity index (χ0n) is 9.85. The lowest BCUT2D eigenvalue weighted by atomic mass is 10.2. The lowest BCUT2D eigenvalue weighted by Crippen LogP contribution is -2.23. The molecular formula is C12H18N2O3. The van der Waals surface area contributed by atoms with E-state index in [2.05, 4.69) is 5.32 Å². The first-order chi connectivity index (χ1) is 8.11. The van der Waals surface area contributed by atoms with Gasteiger partial charge in [-0.3, -0.25) is 4.79 Å². The molecule has 1 unspecified atom stereocenters. The van der Waals surface area contributed by atoms with Crippen LogP contribution in [0.4, 0.5) is 5.69 Å². The van der Waals surface area contributed by atoms with Crippen molar-refractivity contribution in [3.63, 3.8) is 0 Å². The highest BCUT2D eigenvalue weighted by Crippen LogP contribution is 2.16. The molecule has 0 heterocycles. The van der Waals surface area contributed by atoms with Crippen LogP contribution in [0.2, 0.25) is 0 Å². The monoisotopic (exact) mass is 238 g/mol. The Morgan fingerprint density at radius 3 is 2.65 bits per heavy atom. The molecule has 0 radical (unpaired) electrons. The quantitative estimate of drug-likeness (QED) is 0.654. The minimum absolute atomic E-state index is 0.00305. The molecule has 1 atom stereocenters. The molecule has 94 valence electrons. The number of hydrogen-bond donors (Lipinski definition) is 3. The smallest absolute Gasteiger partial charge is 0.219 e. The molecule has 1 rings (SSSR count). The topological polar surface area (TPSA) is 84.6 Å². The van der Waals surface area contributed by atoms with E-state index in [0.717, 1.165) is 5.69 Å². The molecule has 1 amide bonds. The number of carbonyl (C=O) groups is 1. The van der Waals surface area contributed by atoms with Gasteiger partial charge in [-0.1, -0.05) is 0 Å². The molecule has 5 nitrogen and oxygen atoms in total. The molecule has 0 saturated carbocycles. The Labute approximate surface area is 101 Å². The van der Waals surface area contributed by atoms with Crippen LogP contribution in [-0.2, 0) is 4.79 Å². The lowest BCUT2D eigenvalue weighted by molar-refractivity contribution is -0.118. The summed E-state index contributed by atoms with van der Waals surface area (Å²) in [5, 5.41) is 11.8. The Hall–Kier alpha value is -1.75. The zero-order valence-corrected chi connectivity index (χ0v) is 9.85. The molecule has 0 fully saturated rings. The highest BCUT2D eigenvalue weighted by Gasteiger charge is 2.05. The first kappa shape index (κ1) is 13.3. The van der Waals surface area contributed by atoms with Gasteiger partial charge in [-0.2, -0.15) is 0 Å². The summed E-state index contributed by atoms with van der Waals surface area (Å²) in [6.45, 7) is 2.17. The number of anilines is 1. The van der Waals surface area contributed by atoms with Crippen molar-refractivity contribution in [3.8, 4) is 5.75 Å². The number of amides is 1. The fourth-order valence-electron chi connectivity index (χ4n) is 1.45. The Bertz CT molecular complexity index is 351. The third kappa shape index (κ3) is 5.21. The number of hydrogen-bond acceptors (Lipinski definition) is 4. The van der Waals surface area contributed by atoms with Crippen molar-refractivity contribution >= 4 is 11.6 Å². The van der Waals surface area contributed by atoms with Crippen molar-refractivity contribution in [2.75, 3.05) is 18.5 Å². The molecule has 0 aliphatic heterocycles. The van der Waals surface area contributed by atoms with Gasteiger partial charge in [-0.05, 0) is 31.2 Å². The van der Waals surface area contributed by atoms with Crippen LogP contribution in [-0.4, -0.2) is 30.3 Å². The molecule has 1 aromatic rings. The van der Waals surface area contributed by atoms with Gasteiger partial charge in [0.1, 0.15) is 12.4 Å². The second-order valence-corrected chi connectivity index (χ2v) is 3.81. The Morgan fingerprint density at radius 2 is 2.12 bits per heavy atom. The molecule has 0 spiro atoms. The number of carbonyl (C=O) groups excluding carboxylic acids is 1. The second-order valence-electron chi connectivity index (χ2n) is 3.81. The summed E-state index contributed by atoms with van der Waals surface area (Å²) < 4.78 is 5.23. The number of primary amides is 1. The Balaban J connectivity index is 2.47. The highest BCUT2D eigenvalue weighted by molar-refractivity contribution is 5.74. The number of rotatable bonds is 7. The second kappa shape index (κ2) is 6.75. The molecule has 0 aromatic heterocycles. The van der Waals surface area contributed by atoms with Crippen molar-refractivity contribution in [3.05, 3.63) is 24.3 Å². The summed E-state index contributed by atoms with van der Waals surface area (Å²) in [6.07, 6.45) is 0.294. The highest BCUT2D eigenvalue weighted by atomic mass is 16.5. The summed E-state index contributed by atoms with van der Waals surface area (Å²) in [4.78, 5) is 10.7. The van der Waals surface area contributed by atoms with Gasteiger partial charge in [0.05, 0.1) is 6.61 Å². The average Bonchev–Trinajstić information content (AvgIpc) is 2.27. The molecule has 5 heteroatoms. The minimum Gasteiger partial charge on any atom is -0.491 e. The maximum atomic E-state index is 10.7. The van der Waals surface area contributed by atoms with E-state index in [0.29, 0.717) is 12.2 Å². The van der Waals surface area contributed by atoms with Crippen LogP contribution in [0.5, 0.6) is 5.75 Å². The normalized spacial score (nSPS) is 11.9. The molecule has 0 bridgehead atoms. The average molecular weight is 238 g/mol. The van der Waals surface area contributed by atoms with Crippen molar-refractivity contribution in [2.45, 2.75) is 19.4 Å². The van der Waals surface area contributed by atoms with Gasteiger partial charge in [0, 0.05) is 18.2 Å². The third-order valence-corrected chi connectivity index (χ3v) is 2.13. The van der Waals surface area contributed by atoms with E-state index in [9.17, 15) is 4.79 Å². The molecule has 1 aromatic carbocycles. The van der Waals surface area contributed by atoms with Crippen LogP contribution in [0.15, 0.2) is 24.3 Å². The summed E-state index contributed by atoms with van der Waals surface area (Å²) in [7, 11) is 0. The summed E-state index contributed by atoms with van der Waals surface area (Å²) in [5.41, 5.74) is 6.00. The van der Waals surface area contributed by atoms with Crippen LogP contribution in [0.3, 0.4) is 0 Å². The Morgan fingerprint density at radius 1 is 1.47 bits per heavy atom. The van der Waals surface area contributed by atoms with E-state index < -0.39 is 0 Å². The maximum Gasteiger partial charge on any atom is 0.219 e. The lowest BCUT2D eigenvalue weighted by Gasteiger charge is -2.13. The molecule has 4 N–H and O–H groups in total. The van der Waals surface area contributed by atoms with E-state index >= 15 is 0 Å². The molecule has 0 saturated heterocycles. The van der Waals surface area contributed by atoms with Crippen molar-refractivity contribution in [2.24, 2.45) is 5.73 Å². The van der Waals surface area contributed by atoms with Gasteiger partial charge in [0.15, 0.2) is 0 Å². The van der Waals surface area contributed by atoms with E-state index in [1.165, 1.54) is 0 Å². The first-order valence-corrected chi connectivity index (χ1v) is 5.50. The van der Waals surface area contributed by atoms with Gasteiger partial charge in [-0.15, -0.1) is 0 Å². The van der Waals surface area contributed by atoms with Gasteiger partial charge in [-0.25, -0.2) is 0 Å². The van der Waals surface area contributed by atoms with E-state index in [1.807, 2.05) is 19.1 Å². The van der Waals surface area contributed by atoms with Gasteiger partial charge < -0.3 is 20.9 Å². The van der Waals surface area contributed by atoms with Crippen molar-refractivity contribution < 1.29 is 14.6 Å². The number of nitrogens with one attached hydrogen (secondary N) is 1. The number of ether oxygens (including phenoxy) is 1. The van der Waals surface area contributed by atoms with E-state index in [-0.39, 0.29) is 25.2 Å². The molecule has 17 heavy (non-hydrogen) atoms. The van der Waals surface area contributed by atoms with Crippen LogP contribution >= 0.6 is 0 Å². The number of nitrogens with two attached hydrogens (primary N) is 1. The standard InChI is InChI=1S/C12H18N2O3/c1-9(8-12(13)16)14-10-2-4-11(5-3-10)17-7-6-15/h2-5,9,14-15H,6-8H2,1H3,(H2,13,16). The summed E-state index contributed by atoms with van der Waals surface area (Å²) >= 11 is 0. The van der Waals surface area contributed by atoms with Gasteiger partial charge in [0.25, 0.3) is 0 Å². The Kier molecular flexibility index (Phi) is 5.29. The fourth-order valence-corrected chi connectivity index (χ4v) is 1.45. The SMILES string of the molecule is CC(CC(N)=O)Nc1ccc(OCCO)cc1. The summed E-state index contributed by atoms with van der Waals surface area (Å²) in [5.74, 6) is 0.375. The first-order valence-electron chi connectivity index (χ1n) is 5.50. The van der Waals surface area contributed by atoms with E-state index in [4.69, 9.17) is 15.6 Å². The van der Waals surface area contributed by atoms with Gasteiger partial charge in [0.2, 0.25) is 5.91 Å².